The third kappa shape index (κ3) is 6.93. The Morgan fingerprint density at radius 2 is 1.59 bits per heavy atom. The molecule has 0 radical (unpaired) electrons. The first kappa shape index (κ1) is 28.3. The van der Waals surface area contributed by atoms with E-state index in [1.165, 1.54) is 29.8 Å². The highest BCUT2D eigenvalue weighted by atomic mass is 35.5. The number of benzene rings is 2. The summed E-state index contributed by atoms with van der Waals surface area (Å²) in [6.07, 6.45) is 11.2. The number of rotatable bonds is 12. The van der Waals surface area contributed by atoms with Crippen molar-refractivity contribution in [2.75, 3.05) is 49.2 Å². The molecule has 1 N–H and O–H groups in total. The molecule has 3 aromatic rings. The molecule has 0 bridgehead atoms. The van der Waals surface area contributed by atoms with Crippen molar-refractivity contribution in [1.29, 1.82) is 0 Å². The molecular weight excluding hydrogens is 506 g/mol. The summed E-state index contributed by atoms with van der Waals surface area (Å²) >= 11 is 6.43. The third-order valence-corrected chi connectivity index (χ3v) is 8.95. The number of piperidine rings is 2. The standard InChI is InChI=1S/C33H46ClN3O2/c1-3-5-22-38-33(39-23-6-4-2)26-16-20-36(21-17-26)28-11-9-25(10-12-28)27-8-7-19-37(24-27)31-14-13-30(34)29-15-18-35-32(29)31/h9-15,18,26-27,33,35H,3-8,16-17,19-24H2,1-2H3/t27-/m0/s1. The summed E-state index contributed by atoms with van der Waals surface area (Å²) in [5, 5.41) is 1.92. The van der Waals surface area contributed by atoms with Crippen molar-refractivity contribution in [3.05, 3.63) is 59.2 Å². The van der Waals surface area contributed by atoms with Crippen molar-refractivity contribution in [3.8, 4) is 0 Å². The van der Waals surface area contributed by atoms with E-state index in [2.05, 4.69) is 65.0 Å². The number of fused-ring (bicyclic) bond motifs is 1. The fourth-order valence-corrected chi connectivity index (χ4v) is 6.45. The topological polar surface area (TPSA) is 40.7 Å². The van der Waals surface area contributed by atoms with Gasteiger partial charge in [0.05, 0.1) is 16.2 Å². The van der Waals surface area contributed by atoms with E-state index < -0.39 is 0 Å². The number of hydrogen-bond donors (Lipinski definition) is 1. The summed E-state index contributed by atoms with van der Waals surface area (Å²) in [5.41, 5.74) is 5.20. The highest BCUT2D eigenvalue weighted by Gasteiger charge is 2.28. The van der Waals surface area contributed by atoms with Gasteiger partial charge in [0.2, 0.25) is 0 Å². The lowest BCUT2D eigenvalue weighted by Crippen LogP contribution is -2.40. The number of anilines is 2. The largest absolute Gasteiger partial charge is 0.372 e. The Bertz CT molecular complexity index is 1150. The van der Waals surface area contributed by atoms with E-state index in [0.717, 1.165) is 93.8 Å². The normalized spacial score (nSPS) is 18.9. The number of aromatic nitrogens is 1. The number of hydrogen-bond acceptors (Lipinski definition) is 4. The summed E-state index contributed by atoms with van der Waals surface area (Å²) in [6.45, 7) is 10.3. The van der Waals surface area contributed by atoms with E-state index in [0.29, 0.717) is 11.8 Å². The zero-order valence-electron chi connectivity index (χ0n) is 23.8. The first-order valence-corrected chi connectivity index (χ1v) is 15.6. The Morgan fingerprint density at radius 3 is 2.28 bits per heavy atom. The zero-order chi connectivity index (χ0) is 27.0. The van der Waals surface area contributed by atoms with Crippen LogP contribution in [0.3, 0.4) is 0 Å². The van der Waals surface area contributed by atoms with E-state index in [4.69, 9.17) is 21.1 Å². The number of H-pyrrole nitrogens is 1. The smallest absolute Gasteiger partial charge is 0.160 e. The van der Waals surface area contributed by atoms with Gasteiger partial charge in [0.25, 0.3) is 0 Å². The molecule has 0 spiro atoms. The molecule has 2 fully saturated rings. The third-order valence-electron chi connectivity index (χ3n) is 8.62. The van der Waals surface area contributed by atoms with Crippen molar-refractivity contribution in [3.63, 3.8) is 0 Å². The average molecular weight is 552 g/mol. The predicted octanol–water partition coefficient (Wildman–Crippen LogP) is 8.38. The lowest BCUT2D eigenvalue weighted by Gasteiger charge is -2.37. The van der Waals surface area contributed by atoms with E-state index in [-0.39, 0.29) is 6.29 Å². The average Bonchev–Trinajstić information content (AvgIpc) is 3.48. The van der Waals surface area contributed by atoms with Gasteiger partial charge in [-0.05, 0) is 74.4 Å². The van der Waals surface area contributed by atoms with Gasteiger partial charge in [0.15, 0.2) is 6.29 Å². The molecule has 0 saturated carbocycles. The number of nitrogens with zero attached hydrogens (tertiary/aromatic N) is 2. The fraction of sp³-hybridized carbons (Fsp3) is 0.576. The summed E-state index contributed by atoms with van der Waals surface area (Å²) in [5.74, 6) is 1.03. The molecule has 0 aliphatic carbocycles. The second kappa shape index (κ2) is 13.9. The minimum Gasteiger partial charge on any atom is -0.372 e. The quantitative estimate of drug-likeness (QED) is 0.181. The number of ether oxygens (including phenoxy) is 2. The van der Waals surface area contributed by atoms with Crippen LogP contribution in [-0.2, 0) is 9.47 Å². The van der Waals surface area contributed by atoms with Crippen LogP contribution in [0.4, 0.5) is 11.4 Å². The van der Waals surface area contributed by atoms with E-state index in [9.17, 15) is 0 Å². The van der Waals surface area contributed by atoms with Gasteiger partial charge >= 0.3 is 0 Å². The summed E-state index contributed by atoms with van der Waals surface area (Å²) in [6, 6.07) is 15.7. The summed E-state index contributed by atoms with van der Waals surface area (Å²) in [4.78, 5) is 8.48. The highest BCUT2D eigenvalue weighted by molar-refractivity contribution is 6.35. The van der Waals surface area contributed by atoms with Gasteiger partial charge in [0, 0.05) is 68.5 Å². The summed E-state index contributed by atoms with van der Waals surface area (Å²) < 4.78 is 12.4. The minimum absolute atomic E-state index is 0.0466. The minimum atomic E-state index is -0.0466. The molecule has 1 atom stereocenters. The Labute approximate surface area is 239 Å². The van der Waals surface area contributed by atoms with Crippen LogP contribution in [0.2, 0.25) is 5.02 Å². The highest BCUT2D eigenvalue weighted by Crippen LogP contribution is 2.36. The molecule has 212 valence electrons. The maximum Gasteiger partial charge on any atom is 0.160 e. The Hall–Kier alpha value is -2.21. The first-order valence-electron chi connectivity index (χ1n) is 15.3. The molecule has 39 heavy (non-hydrogen) atoms. The van der Waals surface area contributed by atoms with Gasteiger partial charge in [-0.25, -0.2) is 0 Å². The van der Waals surface area contributed by atoms with Gasteiger partial charge in [-0.2, -0.15) is 0 Å². The van der Waals surface area contributed by atoms with Crippen LogP contribution >= 0.6 is 11.6 Å². The summed E-state index contributed by atoms with van der Waals surface area (Å²) in [7, 11) is 0. The molecule has 2 saturated heterocycles. The van der Waals surface area contributed by atoms with Crippen LogP contribution in [-0.4, -0.2) is 50.7 Å². The SMILES string of the molecule is CCCCOC(OCCCC)C1CCN(c2ccc([C@H]3CCCN(c4ccc(Cl)c5cc[nH]c45)C3)cc2)CC1. The van der Waals surface area contributed by atoms with Crippen molar-refractivity contribution in [2.24, 2.45) is 5.92 Å². The lowest BCUT2D eigenvalue weighted by molar-refractivity contribution is -0.177. The fourth-order valence-electron chi connectivity index (χ4n) is 6.23. The van der Waals surface area contributed by atoms with Gasteiger partial charge in [-0.3, -0.25) is 0 Å². The second-order valence-corrected chi connectivity index (χ2v) is 11.8. The molecule has 2 aromatic carbocycles. The molecular formula is C33H46ClN3O2. The van der Waals surface area contributed by atoms with Crippen LogP contribution in [0.5, 0.6) is 0 Å². The van der Waals surface area contributed by atoms with E-state index in [1.807, 2.05) is 12.3 Å². The predicted molar refractivity (Wildman–Crippen MR) is 164 cm³/mol. The number of aromatic amines is 1. The maximum absolute atomic E-state index is 6.43. The Kier molecular flexibility index (Phi) is 10.1. The van der Waals surface area contributed by atoms with Gasteiger partial charge in [-0.15, -0.1) is 0 Å². The van der Waals surface area contributed by atoms with Crippen LogP contribution in [0.25, 0.3) is 10.9 Å². The molecule has 0 amide bonds. The molecule has 5 nitrogen and oxygen atoms in total. The van der Waals surface area contributed by atoms with Crippen LogP contribution < -0.4 is 9.80 Å². The maximum atomic E-state index is 6.43. The second-order valence-electron chi connectivity index (χ2n) is 11.4. The van der Waals surface area contributed by atoms with Crippen LogP contribution in [0, 0.1) is 5.92 Å². The molecule has 3 heterocycles. The zero-order valence-corrected chi connectivity index (χ0v) is 24.6. The van der Waals surface area contributed by atoms with Gasteiger partial charge in [-0.1, -0.05) is 50.4 Å². The molecule has 2 aliphatic heterocycles. The van der Waals surface area contributed by atoms with Crippen molar-refractivity contribution in [2.45, 2.75) is 77.4 Å². The molecule has 1 aromatic heterocycles. The monoisotopic (exact) mass is 551 g/mol. The van der Waals surface area contributed by atoms with Gasteiger partial charge in [0.1, 0.15) is 0 Å². The van der Waals surface area contributed by atoms with Gasteiger partial charge < -0.3 is 24.3 Å². The molecule has 6 heteroatoms. The lowest BCUT2D eigenvalue weighted by atomic mass is 9.90. The van der Waals surface area contributed by atoms with E-state index >= 15 is 0 Å². The molecule has 2 aliphatic rings. The van der Waals surface area contributed by atoms with Crippen molar-refractivity contribution in [1.82, 2.24) is 4.98 Å². The van der Waals surface area contributed by atoms with Crippen molar-refractivity contribution < 1.29 is 9.47 Å². The first-order chi connectivity index (χ1) is 19.2. The van der Waals surface area contributed by atoms with E-state index in [1.54, 1.807) is 0 Å². The number of nitrogens with one attached hydrogen (secondary N) is 1. The Morgan fingerprint density at radius 1 is 0.872 bits per heavy atom. The molecule has 0 unspecified atom stereocenters. The van der Waals surface area contributed by atoms with Crippen LogP contribution in [0.15, 0.2) is 48.7 Å². The molecule has 5 rings (SSSR count). The van der Waals surface area contributed by atoms with Crippen LogP contribution in [0.1, 0.15) is 76.7 Å². The van der Waals surface area contributed by atoms with Crippen molar-refractivity contribution >= 4 is 33.9 Å². The number of unbranched alkanes of at least 4 members (excludes halogenated alkanes) is 2. The number of halogens is 1. The Balaban J connectivity index is 1.17.